The number of hydrogen-bond acceptors (Lipinski definition) is 4. The van der Waals surface area contributed by atoms with E-state index in [4.69, 9.17) is 9.63 Å². The molecule has 0 unspecified atom stereocenters. The maximum absolute atomic E-state index is 8.82. The average molecular weight is 193 g/mol. The summed E-state index contributed by atoms with van der Waals surface area (Å²) in [6.45, 7) is 1.82. The minimum Gasteiger partial charge on any atom is -0.388 e. The van der Waals surface area contributed by atoms with Crippen molar-refractivity contribution in [2.45, 2.75) is 13.5 Å². The largest absolute Gasteiger partial charge is 0.388 e. The van der Waals surface area contributed by atoms with Crippen LogP contribution in [0, 0.1) is 6.92 Å². The highest BCUT2D eigenvalue weighted by molar-refractivity contribution is 5.60. The Hall–Kier alpha value is -1.62. The lowest BCUT2D eigenvalue weighted by Crippen LogP contribution is -1.92. The first kappa shape index (κ1) is 8.96. The van der Waals surface area contributed by atoms with E-state index in [2.05, 4.69) is 10.3 Å². The van der Waals surface area contributed by atoms with Crippen molar-refractivity contribution in [1.82, 2.24) is 14.9 Å². The molecule has 0 spiro atoms. The minimum absolute atomic E-state index is 0.133. The van der Waals surface area contributed by atoms with Gasteiger partial charge in [0.1, 0.15) is 12.3 Å². The molecule has 0 radical (unpaired) electrons. The van der Waals surface area contributed by atoms with Gasteiger partial charge in [0, 0.05) is 24.4 Å². The highest BCUT2D eigenvalue weighted by Gasteiger charge is 2.11. The molecule has 0 aliphatic carbocycles. The second-order valence-corrected chi connectivity index (χ2v) is 3.10. The van der Waals surface area contributed by atoms with E-state index in [-0.39, 0.29) is 6.61 Å². The summed E-state index contributed by atoms with van der Waals surface area (Å²) in [5.74, 6) is 0.461. The third-order valence-corrected chi connectivity index (χ3v) is 2.23. The van der Waals surface area contributed by atoms with Gasteiger partial charge in [-0.2, -0.15) is 5.10 Å². The van der Waals surface area contributed by atoms with Gasteiger partial charge in [-0.3, -0.25) is 4.68 Å². The SMILES string of the molecule is Cc1c(-c2cc(CO)on2)cnn1C. The zero-order valence-electron chi connectivity index (χ0n) is 8.06. The van der Waals surface area contributed by atoms with Crippen molar-refractivity contribution in [2.75, 3.05) is 0 Å². The quantitative estimate of drug-likeness (QED) is 0.768. The van der Waals surface area contributed by atoms with Crippen molar-refractivity contribution >= 4 is 0 Å². The summed E-state index contributed by atoms with van der Waals surface area (Å²) in [7, 11) is 1.87. The van der Waals surface area contributed by atoms with Gasteiger partial charge in [-0.25, -0.2) is 0 Å². The first-order valence-electron chi connectivity index (χ1n) is 4.28. The van der Waals surface area contributed by atoms with Gasteiger partial charge in [0.15, 0.2) is 5.76 Å². The molecule has 2 aromatic heterocycles. The maximum atomic E-state index is 8.82. The van der Waals surface area contributed by atoms with Gasteiger partial charge >= 0.3 is 0 Å². The molecule has 5 nitrogen and oxygen atoms in total. The van der Waals surface area contributed by atoms with Crippen LogP contribution >= 0.6 is 0 Å². The lowest BCUT2D eigenvalue weighted by molar-refractivity contribution is 0.229. The van der Waals surface area contributed by atoms with Crippen molar-refractivity contribution < 1.29 is 9.63 Å². The van der Waals surface area contributed by atoms with Crippen LogP contribution in [0.5, 0.6) is 0 Å². The molecule has 0 saturated carbocycles. The Balaban J connectivity index is 2.44. The molecule has 2 rings (SSSR count). The summed E-state index contributed by atoms with van der Waals surface area (Å²) in [6.07, 6.45) is 1.73. The monoisotopic (exact) mass is 193 g/mol. The normalized spacial score (nSPS) is 10.8. The Kier molecular flexibility index (Phi) is 2.09. The summed E-state index contributed by atoms with van der Waals surface area (Å²) < 4.78 is 6.66. The number of nitrogens with zero attached hydrogens (tertiary/aromatic N) is 3. The van der Waals surface area contributed by atoms with E-state index < -0.39 is 0 Å². The summed E-state index contributed by atoms with van der Waals surface area (Å²) in [5, 5.41) is 16.8. The zero-order valence-corrected chi connectivity index (χ0v) is 8.06. The van der Waals surface area contributed by atoms with Crippen molar-refractivity contribution in [3.05, 3.63) is 23.7 Å². The molecule has 0 amide bonds. The van der Waals surface area contributed by atoms with Gasteiger partial charge in [0.25, 0.3) is 0 Å². The average Bonchev–Trinajstić information content (AvgIpc) is 2.75. The fraction of sp³-hybridized carbons (Fsp3) is 0.333. The van der Waals surface area contributed by atoms with Crippen LogP contribution in [0.4, 0.5) is 0 Å². The van der Waals surface area contributed by atoms with E-state index in [1.807, 2.05) is 14.0 Å². The first-order valence-corrected chi connectivity index (χ1v) is 4.28. The molecule has 0 bridgehead atoms. The van der Waals surface area contributed by atoms with Gasteiger partial charge in [0.2, 0.25) is 0 Å². The molecular formula is C9H11N3O2. The molecule has 0 aliphatic heterocycles. The van der Waals surface area contributed by atoms with Crippen molar-refractivity contribution in [3.8, 4) is 11.3 Å². The number of aryl methyl sites for hydroxylation is 1. The van der Waals surface area contributed by atoms with Gasteiger partial charge in [-0.1, -0.05) is 5.16 Å². The molecule has 2 heterocycles. The van der Waals surface area contributed by atoms with Crippen LogP contribution in [-0.4, -0.2) is 20.0 Å². The molecule has 0 aliphatic rings. The summed E-state index contributed by atoms with van der Waals surface area (Å²) in [4.78, 5) is 0. The van der Waals surface area contributed by atoms with E-state index in [0.29, 0.717) is 11.5 Å². The number of hydrogen-bond donors (Lipinski definition) is 1. The molecule has 5 heteroatoms. The van der Waals surface area contributed by atoms with E-state index in [0.717, 1.165) is 11.3 Å². The zero-order chi connectivity index (χ0) is 10.1. The second-order valence-electron chi connectivity index (χ2n) is 3.10. The Labute approximate surface area is 81.0 Å². The van der Waals surface area contributed by atoms with Crippen LogP contribution in [0.3, 0.4) is 0 Å². The predicted octanol–water partition coefficient (Wildman–Crippen LogP) is 0.876. The molecule has 0 saturated heterocycles. The first-order chi connectivity index (χ1) is 6.72. The lowest BCUT2D eigenvalue weighted by Gasteiger charge is -1.94. The molecule has 1 N–H and O–H groups in total. The number of aromatic nitrogens is 3. The maximum Gasteiger partial charge on any atom is 0.162 e. The van der Waals surface area contributed by atoms with Gasteiger partial charge in [-0.05, 0) is 6.92 Å². The second kappa shape index (κ2) is 3.26. The van der Waals surface area contributed by atoms with Crippen LogP contribution in [-0.2, 0) is 13.7 Å². The molecular weight excluding hydrogens is 182 g/mol. The highest BCUT2D eigenvalue weighted by atomic mass is 16.5. The van der Waals surface area contributed by atoms with E-state index in [1.165, 1.54) is 0 Å². The molecule has 0 atom stereocenters. The fourth-order valence-corrected chi connectivity index (χ4v) is 1.26. The minimum atomic E-state index is -0.133. The number of aliphatic hydroxyl groups excluding tert-OH is 1. The summed E-state index contributed by atoms with van der Waals surface area (Å²) in [6, 6.07) is 1.71. The molecule has 2 aromatic rings. The van der Waals surface area contributed by atoms with Crippen molar-refractivity contribution in [1.29, 1.82) is 0 Å². The third-order valence-electron chi connectivity index (χ3n) is 2.23. The van der Waals surface area contributed by atoms with E-state index in [9.17, 15) is 0 Å². The molecule has 0 aromatic carbocycles. The Bertz CT molecular complexity index is 445. The highest BCUT2D eigenvalue weighted by Crippen LogP contribution is 2.21. The summed E-state index contributed by atoms with van der Waals surface area (Å²) in [5.41, 5.74) is 2.65. The van der Waals surface area contributed by atoms with Crippen LogP contribution < -0.4 is 0 Å². The van der Waals surface area contributed by atoms with Crippen LogP contribution in [0.2, 0.25) is 0 Å². The van der Waals surface area contributed by atoms with Gasteiger partial charge in [0.05, 0.1) is 6.20 Å². The van der Waals surface area contributed by atoms with Crippen LogP contribution in [0.25, 0.3) is 11.3 Å². The third kappa shape index (κ3) is 1.31. The number of aliphatic hydroxyl groups is 1. The Morgan fingerprint density at radius 2 is 2.36 bits per heavy atom. The molecule has 0 fully saturated rings. The van der Waals surface area contributed by atoms with Crippen LogP contribution in [0.15, 0.2) is 16.8 Å². The Morgan fingerprint density at radius 3 is 2.86 bits per heavy atom. The number of rotatable bonds is 2. The molecule has 14 heavy (non-hydrogen) atoms. The van der Waals surface area contributed by atoms with E-state index in [1.54, 1.807) is 16.9 Å². The van der Waals surface area contributed by atoms with Crippen molar-refractivity contribution in [2.24, 2.45) is 7.05 Å². The van der Waals surface area contributed by atoms with Gasteiger partial charge in [-0.15, -0.1) is 0 Å². The van der Waals surface area contributed by atoms with Gasteiger partial charge < -0.3 is 9.63 Å². The molecule has 74 valence electrons. The smallest absolute Gasteiger partial charge is 0.162 e. The lowest BCUT2D eigenvalue weighted by atomic mass is 10.2. The Morgan fingerprint density at radius 1 is 1.57 bits per heavy atom. The topological polar surface area (TPSA) is 64.1 Å². The van der Waals surface area contributed by atoms with Crippen LogP contribution in [0.1, 0.15) is 11.5 Å². The van der Waals surface area contributed by atoms with E-state index >= 15 is 0 Å². The standard InChI is InChI=1S/C9H11N3O2/c1-6-8(4-10-12(6)2)9-3-7(5-13)14-11-9/h3-4,13H,5H2,1-2H3. The van der Waals surface area contributed by atoms with Crippen molar-refractivity contribution in [3.63, 3.8) is 0 Å². The predicted molar refractivity (Wildman–Crippen MR) is 49.4 cm³/mol. The fourth-order valence-electron chi connectivity index (χ4n) is 1.26. The summed E-state index contributed by atoms with van der Waals surface area (Å²) >= 11 is 0.